The first kappa shape index (κ1) is 22.5. The zero-order valence-corrected chi connectivity index (χ0v) is 17.7. The first-order chi connectivity index (χ1) is 13.7. The summed E-state index contributed by atoms with van der Waals surface area (Å²) in [6, 6.07) is 4.70. The molecule has 0 spiro atoms. The summed E-state index contributed by atoms with van der Waals surface area (Å²) in [6.07, 6.45) is 0.849. The lowest BCUT2D eigenvalue weighted by atomic mass is 9.99. The molecule has 0 aromatic heterocycles. The lowest BCUT2D eigenvalue weighted by Crippen LogP contribution is -2.41. The number of benzene rings is 1. The Morgan fingerprint density at radius 1 is 1.31 bits per heavy atom. The SMILES string of the molecule is COc1ccc(CN2CC[C@@H](C[C@@H](C=O)NC(=O)OC(C)(C)C)C2=O)c(OC)c1. The molecule has 1 N–H and O–H groups in total. The lowest BCUT2D eigenvalue weighted by Gasteiger charge is -2.22. The van der Waals surface area contributed by atoms with Gasteiger partial charge in [-0.05, 0) is 45.7 Å². The molecule has 2 amide bonds. The number of aldehydes is 1. The van der Waals surface area contributed by atoms with Crippen molar-refractivity contribution in [3.05, 3.63) is 23.8 Å². The monoisotopic (exact) mass is 406 g/mol. The summed E-state index contributed by atoms with van der Waals surface area (Å²) in [5, 5.41) is 2.53. The lowest BCUT2D eigenvalue weighted by molar-refractivity contribution is -0.131. The fraction of sp³-hybridized carbons (Fsp3) is 0.571. The van der Waals surface area contributed by atoms with Crippen molar-refractivity contribution in [2.75, 3.05) is 20.8 Å². The van der Waals surface area contributed by atoms with Crippen LogP contribution < -0.4 is 14.8 Å². The minimum atomic E-state index is -0.769. The maximum atomic E-state index is 12.8. The summed E-state index contributed by atoms with van der Waals surface area (Å²) in [5.74, 6) is 0.960. The van der Waals surface area contributed by atoms with E-state index in [0.29, 0.717) is 37.3 Å². The van der Waals surface area contributed by atoms with Gasteiger partial charge in [0.05, 0.1) is 20.3 Å². The van der Waals surface area contributed by atoms with Crippen LogP contribution in [0.25, 0.3) is 0 Å². The topological polar surface area (TPSA) is 94.2 Å². The van der Waals surface area contributed by atoms with Crippen LogP contribution in [0.2, 0.25) is 0 Å². The van der Waals surface area contributed by atoms with Gasteiger partial charge in [-0.1, -0.05) is 0 Å². The number of likely N-dealkylation sites (tertiary alicyclic amines) is 1. The molecule has 0 unspecified atom stereocenters. The third-order valence-corrected chi connectivity index (χ3v) is 4.67. The smallest absolute Gasteiger partial charge is 0.408 e. The van der Waals surface area contributed by atoms with E-state index in [2.05, 4.69) is 5.32 Å². The predicted octanol–water partition coefficient (Wildman–Crippen LogP) is 2.53. The molecule has 1 aromatic rings. The molecule has 0 aliphatic carbocycles. The van der Waals surface area contributed by atoms with Crippen molar-refractivity contribution in [3.63, 3.8) is 0 Å². The maximum Gasteiger partial charge on any atom is 0.408 e. The van der Waals surface area contributed by atoms with E-state index in [1.54, 1.807) is 46.0 Å². The van der Waals surface area contributed by atoms with Crippen LogP contribution in [0.5, 0.6) is 11.5 Å². The van der Waals surface area contributed by atoms with Crippen LogP contribution in [0.3, 0.4) is 0 Å². The molecule has 1 heterocycles. The summed E-state index contributed by atoms with van der Waals surface area (Å²) < 4.78 is 15.8. The Hall–Kier alpha value is -2.77. The van der Waals surface area contributed by atoms with Crippen LogP contribution in [0.15, 0.2) is 18.2 Å². The third-order valence-electron chi connectivity index (χ3n) is 4.67. The van der Waals surface area contributed by atoms with Gasteiger partial charge in [0, 0.05) is 30.6 Å². The Kier molecular flexibility index (Phi) is 7.47. The summed E-state index contributed by atoms with van der Waals surface area (Å²) in [6.45, 7) is 6.22. The van der Waals surface area contributed by atoms with Crippen molar-refractivity contribution in [3.8, 4) is 11.5 Å². The van der Waals surface area contributed by atoms with E-state index in [1.807, 2.05) is 12.1 Å². The van der Waals surface area contributed by atoms with Crippen molar-refractivity contribution >= 4 is 18.3 Å². The molecule has 1 saturated heterocycles. The number of amides is 2. The van der Waals surface area contributed by atoms with Crippen molar-refractivity contribution in [1.82, 2.24) is 10.2 Å². The Morgan fingerprint density at radius 3 is 2.62 bits per heavy atom. The van der Waals surface area contributed by atoms with E-state index in [-0.39, 0.29) is 18.2 Å². The first-order valence-corrected chi connectivity index (χ1v) is 9.61. The summed E-state index contributed by atoms with van der Waals surface area (Å²) in [7, 11) is 3.15. The van der Waals surface area contributed by atoms with Gasteiger partial charge in [0.15, 0.2) is 0 Å². The minimum absolute atomic E-state index is 0.0410. The molecule has 160 valence electrons. The van der Waals surface area contributed by atoms with Gasteiger partial charge < -0.3 is 29.2 Å². The van der Waals surface area contributed by atoms with Crippen molar-refractivity contribution in [1.29, 1.82) is 0 Å². The molecule has 8 heteroatoms. The molecule has 1 aliphatic heterocycles. The molecule has 1 aromatic carbocycles. The standard InChI is InChI=1S/C21H30N2O6/c1-21(2,3)29-20(26)22-16(13-24)10-14-8-9-23(19(14)25)12-15-6-7-17(27-4)11-18(15)28-5/h6-7,11,13-14,16H,8-10,12H2,1-5H3,(H,22,26)/t14-,16-/m0/s1. The Balaban J connectivity index is 1.97. The highest BCUT2D eigenvalue weighted by molar-refractivity contribution is 5.82. The number of hydrogen-bond donors (Lipinski definition) is 1. The summed E-state index contributed by atoms with van der Waals surface area (Å²) >= 11 is 0. The van der Waals surface area contributed by atoms with Crippen LogP contribution in [-0.2, 0) is 20.9 Å². The van der Waals surface area contributed by atoms with E-state index < -0.39 is 17.7 Å². The van der Waals surface area contributed by atoms with Crippen LogP contribution in [0.4, 0.5) is 4.79 Å². The van der Waals surface area contributed by atoms with Crippen molar-refractivity contribution in [2.24, 2.45) is 5.92 Å². The normalized spacial score (nSPS) is 17.6. The zero-order chi connectivity index (χ0) is 21.6. The van der Waals surface area contributed by atoms with E-state index in [1.165, 1.54) is 0 Å². The van der Waals surface area contributed by atoms with Gasteiger partial charge in [0.25, 0.3) is 0 Å². The quantitative estimate of drug-likeness (QED) is 0.667. The van der Waals surface area contributed by atoms with Gasteiger partial charge in [-0.15, -0.1) is 0 Å². The number of carbonyl (C=O) groups excluding carboxylic acids is 3. The van der Waals surface area contributed by atoms with Crippen LogP contribution in [0, 0.1) is 5.92 Å². The molecule has 0 radical (unpaired) electrons. The van der Waals surface area contributed by atoms with Gasteiger partial charge >= 0.3 is 6.09 Å². The molecule has 1 fully saturated rings. The number of alkyl carbamates (subject to hydrolysis) is 1. The molecule has 2 rings (SSSR count). The average molecular weight is 406 g/mol. The molecule has 8 nitrogen and oxygen atoms in total. The molecular formula is C21H30N2O6. The Bertz CT molecular complexity index is 743. The molecular weight excluding hydrogens is 376 g/mol. The minimum Gasteiger partial charge on any atom is -0.497 e. The van der Waals surface area contributed by atoms with Crippen LogP contribution >= 0.6 is 0 Å². The fourth-order valence-electron chi connectivity index (χ4n) is 3.28. The second-order valence-electron chi connectivity index (χ2n) is 8.05. The van der Waals surface area contributed by atoms with E-state index in [9.17, 15) is 14.4 Å². The van der Waals surface area contributed by atoms with Gasteiger partial charge in [-0.2, -0.15) is 0 Å². The Labute approximate surface area is 171 Å². The Morgan fingerprint density at radius 2 is 2.03 bits per heavy atom. The van der Waals surface area contributed by atoms with Gasteiger partial charge in [-0.3, -0.25) is 4.79 Å². The van der Waals surface area contributed by atoms with Crippen LogP contribution in [-0.4, -0.2) is 55.6 Å². The summed E-state index contributed by atoms with van der Waals surface area (Å²) in [4.78, 5) is 37.8. The average Bonchev–Trinajstić information content (AvgIpc) is 2.99. The number of ether oxygens (including phenoxy) is 3. The van der Waals surface area contributed by atoms with Gasteiger partial charge in [0.2, 0.25) is 5.91 Å². The zero-order valence-electron chi connectivity index (χ0n) is 17.7. The largest absolute Gasteiger partial charge is 0.497 e. The second kappa shape index (κ2) is 9.62. The molecule has 1 aliphatic rings. The summed E-state index contributed by atoms with van der Waals surface area (Å²) in [5.41, 5.74) is 0.218. The van der Waals surface area contributed by atoms with E-state index in [4.69, 9.17) is 14.2 Å². The second-order valence-corrected chi connectivity index (χ2v) is 8.05. The number of methoxy groups -OCH3 is 2. The number of nitrogens with one attached hydrogen (secondary N) is 1. The number of carbonyl (C=O) groups is 3. The molecule has 29 heavy (non-hydrogen) atoms. The van der Waals surface area contributed by atoms with Crippen LogP contribution in [0.1, 0.15) is 39.2 Å². The number of hydrogen-bond acceptors (Lipinski definition) is 6. The van der Waals surface area contributed by atoms with E-state index in [0.717, 1.165) is 5.56 Å². The van der Waals surface area contributed by atoms with Crippen molar-refractivity contribution < 1.29 is 28.6 Å². The molecule has 2 atom stereocenters. The molecule has 0 bridgehead atoms. The number of nitrogens with zero attached hydrogens (tertiary/aromatic N) is 1. The highest BCUT2D eigenvalue weighted by atomic mass is 16.6. The highest BCUT2D eigenvalue weighted by Gasteiger charge is 2.34. The third kappa shape index (κ3) is 6.37. The predicted molar refractivity (Wildman–Crippen MR) is 107 cm³/mol. The molecule has 0 saturated carbocycles. The number of rotatable bonds is 8. The van der Waals surface area contributed by atoms with Gasteiger partial charge in [-0.25, -0.2) is 4.79 Å². The maximum absolute atomic E-state index is 12.8. The highest BCUT2D eigenvalue weighted by Crippen LogP contribution is 2.29. The first-order valence-electron chi connectivity index (χ1n) is 9.61. The van der Waals surface area contributed by atoms with E-state index >= 15 is 0 Å². The van der Waals surface area contributed by atoms with Crippen molar-refractivity contribution in [2.45, 2.75) is 51.8 Å². The van der Waals surface area contributed by atoms with Gasteiger partial charge in [0.1, 0.15) is 23.4 Å². The fourth-order valence-corrected chi connectivity index (χ4v) is 3.28.